The maximum absolute atomic E-state index is 14.1. The summed E-state index contributed by atoms with van der Waals surface area (Å²) in [4.78, 5) is 34.4. The summed E-state index contributed by atoms with van der Waals surface area (Å²) in [6.45, 7) is 8.57. The van der Waals surface area contributed by atoms with Gasteiger partial charge in [-0.3, -0.25) is 19.2 Å². The lowest BCUT2D eigenvalue weighted by molar-refractivity contribution is -0.138. The number of nitrogens with zero attached hydrogens (tertiary/aromatic N) is 5. The normalized spacial score (nSPS) is 27.9. The molecule has 2 unspecified atom stereocenters. The lowest BCUT2D eigenvalue weighted by Gasteiger charge is -2.39. The summed E-state index contributed by atoms with van der Waals surface area (Å²) < 4.78 is 7.86. The van der Waals surface area contributed by atoms with Crippen molar-refractivity contribution in [2.24, 2.45) is 5.92 Å². The minimum Gasteiger partial charge on any atom is -0.372 e. The Hall–Kier alpha value is -2.71. The standard InChI is InChI=1S/C31H41N5O3/c1-20-18-35(19-21(2)39-20)30(37)28-25-8-5-9-27(25)36(32-28)29(23-10-11-23)31(38)34-16-14-33(15-17-34)26-13-12-22-6-3-4-7-24(22)26/h3-4,6-7,20-21,23,26,29H,5,8-19H2,1-2H3/t20-,21+,26?,29?. The monoisotopic (exact) mass is 531 g/mol. The number of amides is 2. The summed E-state index contributed by atoms with van der Waals surface area (Å²) in [7, 11) is 0. The first-order valence-electron chi connectivity index (χ1n) is 15.1. The summed E-state index contributed by atoms with van der Waals surface area (Å²) in [5.41, 5.74) is 5.73. The summed E-state index contributed by atoms with van der Waals surface area (Å²) in [6.07, 6.45) is 7.28. The molecule has 39 heavy (non-hydrogen) atoms. The second-order valence-corrected chi connectivity index (χ2v) is 12.4. The zero-order valence-corrected chi connectivity index (χ0v) is 23.3. The van der Waals surface area contributed by atoms with Crippen molar-refractivity contribution in [3.63, 3.8) is 0 Å². The molecule has 2 saturated heterocycles. The first kappa shape index (κ1) is 25.3. The van der Waals surface area contributed by atoms with Gasteiger partial charge in [0.1, 0.15) is 6.04 Å². The van der Waals surface area contributed by atoms with E-state index in [1.807, 2.05) is 23.4 Å². The maximum Gasteiger partial charge on any atom is 0.274 e. The Morgan fingerprint density at radius 3 is 2.41 bits per heavy atom. The quantitative estimate of drug-likeness (QED) is 0.592. The number of carbonyl (C=O) groups excluding carboxylic acids is 2. The molecule has 4 atom stereocenters. The lowest BCUT2D eigenvalue weighted by atomic mass is 10.1. The number of benzene rings is 1. The topological polar surface area (TPSA) is 70.9 Å². The van der Waals surface area contributed by atoms with Gasteiger partial charge < -0.3 is 14.5 Å². The third-order valence-electron chi connectivity index (χ3n) is 9.62. The fraction of sp³-hybridized carbons (Fsp3) is 0.645. The predicted octanol–water partition coefficient (Wildman–Crippen LogP) is 3.40. The highest BCUT2D eigenvalue weighted by Gasteiger charge is 2.44. The average molecular weight is 532 g/mol. The SMILES string of the molecule is C[C@@H]1CN(C(=O)c2nn(C(C(=O)N3CCN(C4CCc5ccccc54)CC3)C3CC3)c3c2CCC3)C[C@H](C)O1. The van der Waals surface area contributed by atoms with Crippen molar-refractivity contribution in [3.05, 3.63) is 52.3 Å². The number of aryl methyl sites for hydroxylation is 1. The number of carbonyl (C=O) groups is 2. The molecule has 3 aliphatic carbocycles. The maximum atomic E-state index is 14.1. The molecule has 0 bridgehead atoms. The van der Waals surface area contributed by atoms with Crippen molar-refractivity contribution >= 4 is 11.8 Å². The number of rotatable bonds is 5. The number of fused-ring (bicyclic) bond motifs is 2. The number of hydrogen-bond acceptors (Lipinski definition) is 5. The van der Waals surface area contributed by atoms with Crippen LogP contribution >= 0.6 is 0 Å². The van der Waals surface area contributed by atoms with Crippen molar-refractivity contribution < 1.29 is 14.3 Å². The number of hydrogen-bond donors (Lipinski definition) is 0. The summed E-state index contributed by atoms with van der Waals surface area (Å²) in [5.74, 6) is 0.531. The minimum absolute atomic E-state index is 0.00125. The summed E-state index contributed by atoms with van der Waals surface area (Å²) in [5, 5.41) is 4.96. The van der Waals surface area contributed by atoms with Gasteiger partial charge in [-0.1, -0.05) is 24.3 Å². The van der Waals surface area contributed by atoms with Crippen molar-refractivity contribution in [1.29, 1.82) is 0 Å². The average Bonchev–Trinajstić information content (AvgIpc) is 3.33. The van der Waals surface area contributed by atoms with E-state index in [0.29, 0.717) is 30.7 Å². The van der Waals surface area contributed by atoms with Crippen LogP contribution in [0.2, 0.25) is 0 Å². The number of aromatic nitrogens is 2. The third kappa shape index (κ3) is 4.59. The second-order valence-electron chi connectivity index (χ2n) is 12.4. The van der Waals surface area contributed by atoms with Gasteiger partial charge in [-0.15, -0.1) is 0 Å². The summed E-state index contributed by atoms with van der Waals surface area (Å²) in [6, 6.07) is 9.04. The van der Waals surface area contributed by atoms with Crippen LogP contribution in [0.15, 0.2) is 24.3 Å². The first-order valence-corrected chi connectivity index (χ1v) is 15.1. The molecule has 2 aromatic rings. The number of ether oxygens (including phenoxy) is 1. The molecule has 1 saturated carbocycles. The van der Waals surface area contributed by atoms with Crippen molar-refractivity contribution in [2.45, 2.75) is 83.1 Å². The van der Waals surface area contributed by atoms with E-state index in [1.54, 1.807) is 0 Å². The molecule has 5 aliphatic rings. The zero-order chi connectivity index (χ0) is 26.7. The van der Waals surface area contributed by atoms with Crippen LogP contribution in [-0.2, 0) is 28.8 Å². The molecule has 8 nitrogen and oxygen atoms in total. The molecule has 1 aromatic heterocycles. The molecular formula is C31H41N5O3. The fourth-order valence-corrected chi connectivity index (χ4v) is 7.63. The number of morpholine rings is 1. The van der Waals surface area contributed by atoms with Crippen LogP contribution < -0.4 is 0 Å². The van der Waals surface area contributed by atoms with Crippen LogP contribution in [0, 0.1) is 5.92 Å². The van der Waals surface area contributed by atoms with Crippen LogP contribution in [0.5, 0.6) is 0 Å². The highest BCUT2D eigenvalue weighted by molar-refractivity contribution is 5.94. The molecule has 3 fully saturated rings. The zero-order valence-electron chi connectivity index (χ0n) is 23.3. The molecule has 1 aromatic carbocycles. The Labute approximate surface area is 231 Å². The van der Waals surface area contributed by atoms with E-state index in [4.69, 9.17) is 9.84 Å². The molecule has 7 rings (SSSR count). The van der Waals surface area contributed by atoms with E-state index in [9.17, 15) is 9.59 Å². The Morgan fingerprint density at radius 2 is 1.67 bits per heavy atom. The van der Waals surface area contributed by atoms with Gasteiger partial charge in [-0.05, 0) is 75.8 Å². The molecule has 2 amide bonds. The van der Waals surface area contributed by atoms with Gasteiger partial charge in [0, 0.05) is 56.6 Å². The molecule has 0 radical (unpaired) electrons. The molecule has 0 spiro atoms. The summed E-state index contributed by atoms with van der Waals surface area (Å²) >= 11 is 0. The highest BCUT2D eigenvalue weighted by atomic mass is 16.5. The van der Waals surface area contributed by atoms with E-state index in [0.717, 1.165) is 76.0 Å². The van der Waals surface area contributed by atoms with E-state index >= 15 is 0 Å². The van der Waals surface area contributed by atoms with E-state index < -0.39 is 0 Å². The number of piperazine rings is 1. The fourth-order valence-electron chi connectivity index (χ4n) is 7.63. The Morgan fingerprint density at radius 1 is 0.923 bits per heavy atom. The van der Waals surface area contributed by atoms with Gasteiger partial charge in [0.15, 0.2) is 5.69 Å². The van der Waals surface area contributed by atoms with Crippen LogP contribution in [-0.4, -0.2) is 87.8 Å². The van der Waals surface area contributed by atoms with Crippen LogP contribution in [0.25, 0.3) is 0 Å². The van der Waals surface area contributed by atoms with Gasteiger partial charge in [-0.25, -0.2) is 0 Å². The van der Waals surface area contributed by atoms with Gasteiger partial charge in [0.05, 0.1) is 12.2 Å². The molecule has 2 aliphatic heterocycles. The minimum atomic E-state index is -0.278. The van der Waals surface area contributed by atoms with E-state index in [1.165, 1.54) is 17.5 Å². The largest absolute Gasteiger partial charge is 0.372 e. The van der Waals surface area contributed by atoms with Crippen LogP contribution in [0.1, 0.15) is 84.5 Å². The first-order chi connectivity index (χ1) is 19.0. The van der Waals surface area contributed by atoms with E-state index in [-0.39, 0.29) is 30.1 Å². The van der Waals surface area contributed by atoms with Crippen molar-refractivity contribution in [1.82, 2.24) is 24.5 Å². The molecule has 8 heteroatoms. The van der Waals surface area contributed by atoms with Gasteiger partial charge in [-0.2, -0.15) is 5.10 Å². The smallest absolute Gasteiger partial charge is 0.274 e. The highest BCUT2D eigenvalue weighted by Crippen LogP contribution is 2.43. The van der Waals surface area contributed by atoms with Crippen LogP contribution in [0.3, 0.4) is 0 Å². The lowest BCUT2D eigenvalue weighted by Crippen LogP contribution is -2.51. The Kier molecular flexibility index (Phi) is 6.51. The Balaban J connectivity index is 1.09. The second kappa shape index (κ2) is 10.0. The van der Waals surface area contributed by atoms with Crippen molar-refractivity contribution in [3.8, 4) is 0 Å². The van der Waals surface area contributed by atoms with Crippen molar-refractivity contribution in [2.75, 3.05) is 39.3 Å². The third-order valence-corrected chi connectivity index (χ3v) is 9.62. The molecule has 3 heterocycles. The van der Waals surface area contributed by atoms with Gasteiger partial charge >= 0.3 is 0 Å². The predicted molar refractivity (Wildman–Crippen MR) is 148 cm³/mol. The van der Waals surface area contributed by atoms with Gasteiger partial charge in [0.2, 0.25) is 5.91 Å². The molecule has 0 N–H and O–H groups in total. The van der Waals surface area contributed by atoms with Gasteiger partial charge in [0.25, 0.3) is 5.91 Å². The van der Waals surface area contributed by atoms with Crippen LogP contribution in [0.4, 0.5) is 0 Å². The molecule has 208 valence electrons. The van der Waals surface area contributed by atoms with E-state index in [2.05, 4.69) is 34.1 Å². The Bertz CT molecular complexity index is 1250. The molecular weight excluding hydrogens is 490 g/mol.